The molecule has 136 valence electrons. The Morgan fingerprint density at radius 2 is 2.04 bits per heavy atom. The molecule has 2 aliphatic rings. The highest BCUT2D eigenvalue weighted by molar-refractivity contribution is 5.98. The molecule has 0 saturated carbocycles. The number of likely N-dealkylation sites (tertiary alicyclic amines) is 1. The summed E-state index contributed by atoms with van der Waals surface area (Å²) < 4.78 is 5.70. The Bertz CT molecular complexity index is 624. The van der Waals surface area contributed by atoms with Crippen LogP contribution in [0, 0.1) is 0 Å². The van der Waals surface area contributed by atoms with Crippen molar-refractivity contribution in [3.8, 4) is 0 Å². The largest absolute Gasteiger partial charge is 0.378 e. The van der Waals surface area contributed by atoms with Crippen molar-refractivity contribution >= 4 is 17.6 Å². The number of piperidine rings is 1. The summed E-state index contributed by atoms with van der Waals surface area (Å²) in [6.07, 6.45) is 3.29. The lowest BCUT2D eigenvalue weighted by Gasteiger charge is -2.34. The molecular formula is C19H28N4O2. The first kappa shape index (κ1) is 17.7. The molecule has 0 bridgehead atoms. The molecule has 0 unspecified atom stereocenters. The number of para-hydroxylation sites is 1. The van der Waals surface area contributed by atoms with Gasteiger partial charge in [0.1, 0.15) is 0 Å². The van der Waals surface area contributed by atoms with E-state index in [-0.39, 0.29) is 12.5 Å². The number of rotatable bonds is 4. The first-order valence-corrected chi connectivity index (χ1v) is 9.18. The lowest BCUT2D eigenvalue weighted by Crippen LogP contribution is -2.49. The fraction of sp³-hybridized carbons (Fsp3) is 0.579. The maximum atomic E-state index is 12.6. The van der Waals surface area contributed by atoms with Gasteiger partial charge in [-0.05, 0) is 37.8 Å². The van der Waals surface area contributed by atoms with Gasteiger partial charge in [0.25, 0.3) is 0 Å². The average molecular weight is 344 g/mol. The maximum absolute atomic E-state index is 12.6. The minimum absolute atomic E-state index is 0.0929. The van der Waals surface area contributed by atoms with Crippen LogP contribution >= 0.6 is 0 Å². The number of guanidine groups is 1. The number of hydrogen-bond donors (Lipinski definition) is 1. The molecule has 6 nitrogen and oxygen atoms in total. The van der Waals surface area contributed by atoms with Crippen molar-refractivity contribution in [1.82, 2.24) is 10.2 Å². The van der Waals surface area contributed by atoms with Gasteiger partial charge in [0, 0.05) is 39.0 Å². The standard InChI is InChI=1S/C19H28N4O2/c1-3-25-16-9-11-22(12-10-16)19(20-2)21-14-18(24)23-13-8-15-6-4-5-7-17(15)23/h4-7,16H,3,8-14H2,1-2H3,(H,20,21). The van der Waals surface area contributed by atoms with Gasteiger partial charge in [-0.15, -0.1) is 0 Å². The predicted octanol–water partition coefficient (Wildman–Crippen LogP) is 1.65. The summed E-state index contributed by atoms with van der Waals surface area (Å²) in [5, 5.41) is 3.24. The van der Waals surface area contributed by atoms with Crippen LogP contribution in [0.5, 0.6) is 0 Å². The second-order valence-electron chi connectivity index (χ2n) is 6.47. The van der Waals surface area contributed by atoms with Gasteiger partial charge in [0.15, 0.2) is 5.96 Å². The van der Waals surface area contributed by atoms with E-state index >= 15 is 0 Å². The third kappa shape index (κ3) is 4.12. The summed E-state index contributed by atoms with van der Waals surface area (Å²) in [5.74, 6) is 0.895. The van der Waals surface area contributed by atoms with E-state index in [0.717, 1.165) is 57.2 Å². The van der Waals surface area contributed by atoms with Gasteiger partial charge < -0.3 is 19.9 Å². The second kappa shape index (κ2) is 8.34. The SMILES string of the molecule is CCOC1CCN(C(=NC)NCC(=O)N2CCc3ccccc32)CC1. The Hall–Kier alpha value is -2.08. The summed E-state index contributed by atoms with van der Waals surface area (Å²) in [5.41, 5.74) is 2.29. The van der Waals surface area contributed by atoms with E-state index in [2.05, 4.69) is 21.3 Å². The van der Waals surface area contributed by atoms with Crippen LogP contribution in [-0.4, -0.2) is 62.7 Å². The lowest BCUT2D eigenvalue weighted by molar-refractivity contribution is -0.117. The number of fused-ring (bicyclic) bond motifs is 1. The summed E-state index contributed by atoms with van der Waals surface area (Å²) in [6.45, 7) is 5.65. The van der Waals surface area contributed by atoms with Crippen molar-refractivity contribution < 1.29 is 9.53 Å². The number of hydrogen-bond acceptors (Lipinski definition) is 3. The maximum Gasteiger partial charge on any atom is 0.246 e. The topological polar surface area (TPSA) is 57.2 Å². The van der Waals surface area contributed by atoms with Gasteiger partial charge in [0.05, 0.1) is 12.6 Å². The zero-order valence-corrected chi connectivity index (χ0v) is 15.2. The molecule has 1 aromatic carbocycles. The highest BCUT2D eigenvalue weighted by atomic mass is 16.5. The normalized spacial score (nSPS) is 18.4. The molecule has 1 N–H and O–H groups in total. The highest BCUT2D eigenvalue weighted by Crippen LogP contribution is 2.27. The summed E-state index contributed by atoms with van der Waals surface area (Å²) >= 11 is 0. The quantitative estimate of drug-likeness (QED) is 0.667. The van der Waals surface area contributed by atoms with E-state index in [0.29, 0.717) is 6.10 Å². The van der Waals surface area contributed by atoms with Crippen LogP contribution in [0.1, 0.15) is 25.3 Å². The second-order valence-corrected chi connectivity index (χ2v) is 6.47. The van der Waals surface area contributed by atoms with Crippen molar-refractivity contribution in [2.45, 2.75) is 32.3 Å². The molecule has 1 amide bonds. The minimum Gasteiger partial charge on any atom is -0.378 e. The zero-order valence-electron chi connectivity index (χ0n) is 15.2. The van der Waals surface area contributed by atoms with Crippen LogP contribution < -0.4 is 10.2 Å². The highest BCUT2D eigenvalue weighted by Gasteiger charge is 2.25. The summed E-state index contributed by atoms with van der Waals surface area (Å²) in [6, 6.07) is 8.13. The van der Waals surface area contributed by atoms with Gasteiger partial charge >= 0.3 is 0 Å². The van der Waals surface area contributed by atoms with E-state index in [1.54, 1.807) is 7.05 Å². The third-order valence-electron chi connectivity index (χ3n) is 4.94. The minimum atomic E-state index is 0.0929. The molecule has 1 fully saturated rings. The molecule has 1 saturated heterocycles. The van der Waals surface area contributed by atoms with Gasteiger partial charge in [0.2, 0.25) is 5.91 Å². The number of aliphatic imine (C=N–C) groups is 1. The molecular weight excluding hydrogens is 316 g/mol. The number of carbonyl (C=O) groups excluding carboxylic acids is 1. The molecule has 0 radical (unpaired) electrons. The van der Waals surface area contributed by atoms with E-state index in [1.807, 2.05) is 30.0 Å². The Kier molecular flexibility index (Phi) is 5.91. The number of nitrogens with zero attached hydrogens (tertiary/aromatic N) is 3. The number of benzene rings is 1. The van der Waals surface area contributed by atoms with Crippen molar-refractivity contribution in [2.24, 2.45) is 4.99 Å². The Morgan fingerprint density at radius 1 is 1.28 bits per heavy atom. The van der Waals surface area contributed by atoms with E-state index in [1.165, 1.54) is 5.56 Å². The molecule has 0 atom stereocenters. The zero-order chi connectivity index (χ0) is 17.6. The number of amides is 1. The van der Waals surface area contributed by atoms with Crippen molar-refractivity contribution in [3.63, 3.8) is 0 Å². The Morgan fingerprint density at radius 3 is 2.76 bits per heavy atom. The molecule has 1 aromatic rings. The molecule has 0 aromatic heterocycles. The van der Waals surface area contributed by atoms with Gasteiger partial charge in [-0.25, -0.2) is 0 Å². The molecule has 2 aliphatic heterocycles. The molecule has 2 heterocycles. The van der Waals surface area contributed by atoms with Crippen molar-refractivity contribution in [1.29, 1.82) is 0 Å². The molecule has 0 spiro atoms. The van der Waals surface area contributed by atoms with E-state index in [9.17, 15) is 4.79 Å². The van der Waals surface area contributed by atoms with Crippen LogP contribution in [-0.2, 0) is 16.0 Å². The molecule has 6 heteroatoms. The summed E-state index contributed by atoms with van der Waals surface area (Å²) in [4.78, 5) is 21.0. The third-order valence-corrected chi connectivity index (χ3v) is 4.94. The number of anilines is 1. The van der Waals surface area contributed by atoms with Crippen LogP contribution in [0.15, 0.2) is 29.3 Å². The van der Waals surface area contributed by atoms with Crippen LogP contribution in [0.25, 0.3) is 0 Å². The molecule has 25 heavy (non-hydrogen) atoms. The smallest absolute Gasteiger partial charge is 0.246 e. The van der Waals surface area contributed by atoms with Gasteiger partial charge in [-0.2, -0.15) is 0 Å². The lowest BCUT2D eigenvalue weighted by atomic mass is 10.1. The number of ether oxygens (including phenoxy) is 1. The number of nitrogens with one attached hydrogen (secondary N) is 1. The molecule has 0 aliphatic carbocycles. The van der Waals surface area contributed by atoms with Gasteiger partial charge in [-0.3, -0.25) is 9.79 Å². The van der Waals surface area contributed by atoms with Crippen LogP contribution in [0.2, 0.25) is 0 Å². The number of carbonyl (C=O) groups is 1. The average Bonchev–Trinajstić information content (AvgIpc) is 3.08. The van der Waals surface area contributed by atoms with Crippen LogP contribution in [0.3, 0.4) is 0 Å². The van der Waals surface area contributed by atoms with Crippen molar-refractivity contribution in [2.75, 3.05) is 44.7 Å². The first-order valence-electron chi connectivity index (χ1n) is 9.18. The first-order chi connectivity index (χ1) is 12.2. The fourth-order valence-electron chi connectivity index (χ4n) is 3.65. The van der Waals surface area contributed by atoms with Crippen LogP contribution in [0.4, 0.5) is 5.69 Å². The predicted molar refractivity (Wildman–Crippen MR) is 100 cm³/mol. The van der Waals surface area contributed by atoms with E-state index < -0.39 is 0 Å². The monoisotopic (exact) mass is 344 g/mol. The van der Waals surface area contributed by atoms with Crippen molar-refractivity contribution in [3.05, 3.63) is 29.8 Å². The van der Waals surface area contributed by atoms with E-state index in [4.69, 9.17) is 4.74 Å². The fourth-order valence-corrected chi connectivity index (χ4v) is 3.65. The van der Waals surface area contributed by atoms with Gasteiger partial charge in [-0.1, -0.05) is 18.2 Å². The Balaban J connectivity index is 1.51. The Labute approximate surface area is 149 Å². The molecule has 3 rings (SSSR count). The summed E-state index contributed by atoms with van der Waals surface area (Å²) in [7, 11) is 1.77.